The summed E-state index contributed by atoms with van der Waals surface area (Å²) in [6.45, 7) is 3.64. The van der Waals surface area contributed by atoms with Gasteiger partial charge in [-0.05, 0) is 55.3 Å². The van der Waals surface area contributed by atoms with Crippen molar-refractivity contribution in [1.29, 1.82) is 5.26 Å². The molecule has 2 aromatic carbocycles. The number of carbonyl (C=O) groups excluding carboxylic acids is 1. The monoisotopic (exact) mass is 379 g/mol. The summed E-state index contributed by atoms with van der Waals surface area (Å²) in [5.41, 5.74) is 9.52. The average Bonchev–Trinajstić information content (AvgIpc) is 2.67. The molecule has 1 aliphatic heterocycles. The van der Waals surface area contributed by atoms with E-state index in [-0.39, 0.29) is 5.78 Å². The first kappa shape index (κ1) is 18.8. The van der Waals surface area contributed by atoms with E-state index in [2.05, 4.69) is 11.1 Å². The Morgan fingerprint density at radius 2 is 2.00 bits per heavy atom. The maximum absolute atomic E-state index is 11.9. The number of carbonyl (C=O) groups is 1. The van der Waals surface area contributed by atoms with Gasteiger partial charge in [-0.25, -0.2) is 0 Å². The minimum absolute atomic E-state index is 0.145. The molecule has 0 aliphatic carbocycles. The third-order valence-corrected chi connectivity index (χ3v) is 4.80. The van der Waals surface area contributed by atoms with Gasteiger partial charge >= 0.3 is 0 Å². The predicted molar refractivity (Wildman–Crippen MR) is 105 cm³/mol. The van der Waals surface area contributed by atoms with Crippen LogP contribution in [0.4, 0.5) is 0 Å². The molecule has 1 atom stereocenters. The van der Waals surface area contributed by atoms with Crippen LogP contribution in [0.2, 0.25) is 5.02 Å². The second-order valence-corrected chi connectivity index (χ2v) is 6.73. The summed E-state index contributed by atoms with van der Waals surface area (Å²) in [6.07, 6.45) is -0.337. The topological polar surface area (TPSA) is 88.5 Å². The summed E-state index contributed by atoms with van der Waals surface area (Å²) in [5, 5.41) is 9.47. The van der Waals surface area contributed by atoms with Gasteiger partial charge in [0.05, 0.1) is 16.7 Å². The van der Waals surface area contributed by atoms with Gasteiger partial charge in [-0.3, -0.25) is 9.79 Å². The van der Waals surface area contributed by atoms with E-state index in [0.717, 1.165) is 16.8 Å². The highest BCUT2D eigenvalue weighted by molar-refractivity contribution is 6.32. The van der Waals surface area contributed by atoms with Gasteiger partial charge in [-0.1, -0.05) is 23.7 Å². The summed E-state index contributed by atoms with van der Waals surface area (Å²) in [7, 11) is 0. The van der Waals surface area contributed by atoms with Crippen LogP contribution in [0.3, 0.4) is 0 Å². The molecule has 27 heavy (non-hydrogen) atoms. The fraction of sp³-hybridized carbons (Fsp3) is 0.190. The number of dihydropyridines is 1. The molecule has 1 heterocycles. The summed E-state index contributed by atoms with van der Waals surface area (Å²) < 4.78 is 5.85. The molecule has 5 nitrogen and oxygen atoms in total. The Morgan fingerprint density at radius 3 is 2.74 bits per heavy atom. The number of allylic oxidation sites excluding steroid dienone is 1. The molecule has 3 rings (SSSR count). The number of benzene rings is 2. The summed E-state index contributed by atoms with van der Waals surface area (Å²) in [5.74, 6) is 0.871. The number of nitrogens with two attached hydrogens (primary N) is 1. The van der Waals surface area contributed by atoms with Crippen LogP contribution >= 0.6 is 11.6 Å². The van der Waals surface area contributed by atoms with E-state index in [9.17, 15) is 4.79 Å². The van der Waals surface area contributed by atoms with Crippen molar-refractivity contribution >= 4 is 23.1 Å². The molecule has 0 saturated carbocycles. The van der Waals surface area contributed by atoms with Gasteiger partial charge in [-0.2, -0.15) is 5.26 Å². The Kier molecular flexibility index (Phi) is 5.41. The van der Waals surface area contributed by atoms with E-state index >= 15 is 0 Å². The van der Waals surface area contributed by atoms with Gasteiger partial charge in [0.25, 0.3) is 0 Å². The van der Waals surface area contributed by atoms with Crippen molar-refractivity contribution in [3.8, 4) is 17.6 Å². The first-order valence-electron chi connectivity index (χ1n) is 8.40. The van der Waals surface area contributed by atoms with E-state index < -0.39 is 6.17 Å². The highest BCUT2D eigenvalue weighted by Crippen LogP contribution is 2.31. The Balaban J connectivity index is 1.87. The van der Waals surface area contributed by atoms with Crippen molar-refractivity contribution < 1.29 is 9.53 Å². The molecule has 2 aromatic rings. The molecule has 0 bridgehead atoms. The Labute approximate surface area is 162 Å². The third kappa shape index (κ3) is 4.08. The minimum atomic E-state index is -0.847. The highest BCUT2D eigenvalue weighted by Gasteiger charge is 2.24. The quantitative estimate of drug-likeness (QED) is 0.862. The first-order chi connectivity index (χ1) is 12.9. The number of halogens is 1. The zero-order chi connectivity index (χ0) is 19.6. The van der Waals surface area contributed by atoms with Gasteiger partial charge in [0.2, 0.25) is 0 Å². The standard InChI is InChI=1S/C21H18ClN3O2/c1-12-13(2)20(26)21(24)25-18(12)9-14-6-7-17(22)19(10-14)27-16-5-3-4-15(8-16)11-23/h3-8,10,21H,9,24H2,1-2H3/t21-/m1/s1. The molecule has 2 N–H and O–H groups in total. The summed E-state index contributed by atoms with van der Waals surface area (Å²) in [6, 6.07) is 14.4. The number of nitrogens with zero attached hydrogens (tertiary/aromatic N) is 2. The van der Waals surface area contributed by atoms with E-state index in [4.69, 9.17) is 27.3 Å². The molecule has 0 aromatic heterocycles. The van der Waals surface area contributed by atoms with Crippen LogP contribution in [0.1, 0.15) is 25.0 Å². The van der Waals surface area contributed by atoms with Crippen LogP contribution in [0.5, 0.6) is 11.5 Å². The van der Waals surface area contributed by atoms with Crippen LogP contribution in [-0.2, 0) is 11.2 Å². The normalized spacial score (nSPS) is 16.8. The largest absolute Gasteiger partial charge is 0.456 e. The fourth-order valence-electron chi connectivity index (χ4n) is 2.81. The molecule has 0 unspecified atom stereocenters. The SMILES string of the molecule is CC1=C(C)C(Cc2ccc(Cl)c(Oc3cccc(C#N)c3)c2)=N[C@@H](N)C1=O. The predicted octanol–water partition coefficient (Wildman–Crippen LogP) is 4.19. The van der Waals surface area contributed by atoms with Gasteiger partial charge < -0.3 is 10.5 Å². The average molecular weight is 380 g/mol. The molecular formula is C21H18ClN3O2. The number of Topliss-reactive ketones (excluding diaryl/α,β-unsaturated/α-hetero) is 1. The number of rotatable bonds is 4. The van der Waals surface area contributed by atoms with Crippen molar-refractivity contribution in [3.05, 3.63) is 69.8 Å². The van der Waals surface area contributed by atoms with Crippen molar-refractivity contribution in [1.82, 2.24) is 0 Å². The molecule has 0 fully saturated rings. The Morgan fingerprint density at radius 1 is 1.22 bits per heavy atom. The molecular weight excluding hydrogens is 362 g/mol. The maximum Gasteiger partial charge on any atom is 0.197 e. The lowest BCUT2D eigenvalue weighted by Crippen LogP contribution is -2.35. The van der Waals surface area contributed by atoms with Gasteiger partial charge in [0.15, 0.2) is 11.9 Å². The molecule has 0 radical (unpaired) electrons. The second kappa shape index (κ2) is 7.75. The molecule has 1 aliphatic rings. The number of aliphatic imine (C=N–C) groups is 1. The minimum Gasteiger partial charge on any atom is -0.456 e. The smallest absolute Gasteiger partial charge is 0.197 e. The van der Waals surface area contributed by atoms with Crippen LogP contribution in [0.15, 0.2) is 58.6 Å². The van der Waals surface area contributed by atoms with Crippen LogP contribution in [-0.4, -0.2) is 17.7 Å². The van der Waals surface area contributed by atoms with E-state index in [1.54, 1.807) is 37.3 Å². The summed E-state index contributed by atoms with van der Waals surface area (Å²) >= 11 is 6.26. The second-order valence-electron chi connectivity index (χ2n) is 6.32. The van der Waals surface area contributed by atoms with Crippen LogP contribution < -0.4 is 10.5 Å². The van der Waals surface area contributed by atoms with Crippen molar-refractivity contribution in [2.75, 3.05) is 0 Å². The van der Waals surface area contributed by atoms with Gasteiger partial charge in [-0.15, -0.1) is 0 Å². The number of hydrogen-bond acceptors (Lipinski definition) is 5. The number of nitriles is 1. The van der Waals surface area contributed by atoms with E-state index in [0.29, 0.717) is 34.1 Å². The van der Waals surface area contributed by atoms with Crippen molar-refractivity contribution in [2.24, 2.45) is 10.7 Å². The highest BCUT2D eigenvalue weighted by atomic mass is 35.5. The lowest BCUT2D eigenvalue weighted by Gasteiger charge is -2.20. The van der Waals surface area contributed by atoms with E-state index in [1.165, 1.54) is 0 Å². The zero-order valence-corrected chi connectivity index (χ0v) is 15.7. The van der Waals surface area contributed by atoms with Gasteiger partial charge in [0, 0.05) is 17.7 Å². The first-order valence-corrected chi connectivity index (χ1v) is 8.77. The summed E-state index contributed by atoms with van der Waals surface area (Å²) in [4.78, 5) is 16.3. The molecule has 6 heteroatoms. The molecule has 136 valence electrons. The van der Waals surface area contributed by atoms with Gasteiger partial charge in [0.1, 0.15) is 11.5 Å². The van der Waals surface area contributed by atoms with Crippen molar-refractivity contribution in [3.63, 3.8) is 0 Å². The van der Waals surface area contributed by atoms with Crippen molar-refractivity contribution in [2.45, 2.75) is 26.4 Å². The fourth-order valence-corrected chi connectivity index (χ4v) is 2.97. The van der Waals surface area contributed by atoms with Crippen LogP contribution in [0, 0.1) is 11.3 Å². The maximum atomic E-state index is 11.9. The molecule has 0 spiro atoms. The zero-order valence-electron chi connectivity index (χ0n) is 15.0. The van der Waals surface area contributed by atoms with Crippen LogP contribution in [0.25, 0.3) is 0 Å². The number of ketones is 1. The lowest BCUT2D eigenvalue weighted by atomic mass is 9.94. The van der Waals surface area contributed by atoms with E-state index in [1.807, 2.05) is 19.1 Å². The Hall–Kier alpha value is -2.94. The lowest BCUT2D eigenvalue weighted by molar-refractivity contribution is -0.116. The molecule has 0 amide bonds. The Bertz CT molecular complexity index is 1020. The third-order valence-electron chi connectivity index (χ3n) is 4.49. The number of hydrogen-bond donors (Lipinski definition) is 1. The number of ether oxygens (including phenoxy) is 1. The molecule has 0 saturated heterocycles.